The Morgan fingerprint density at radius 3 is 1.35 bits per heavy atom. The van der Waals surface area contributed by atoms with Crippen molar-refractivity contribution >= 4 is 0 Å². The highest BCUT2D eigenvalue weighted by Gasteiger charge is 2.14. The van der Waals surface area contributed by atoms with E-state index in [9.17, 15) is 0 Å². The molecule has 0 radical (unpaired) electrons. The molecule has 0 spiro atoms. The Labute approximate surface area is 138 Å². The van der Waals surface area contributed by atoms with E-state index in [-0.39, 0.29) is 0 Å². The maximum absolute atomic E-state index is 2.46. The summed E-state index contributed by atoms with van der Waals surface area (Å²) in [7, 11) is 0. The first-order chi connectivity index (χ1) is 11.4. The van der Waals surface area contributed by atoms with Gasteiger partial charge in [0.1, 0.15) is 0 Å². The lowest BCUT2D eigenvalue weighted by Gasteiger charge is -2.16. The first-order valence-electron chi connectivity index (χ1n) is 8.68. The number of hydrogen-bond donors (Lipinski definition) is 0. The molecule has 0 bridgehead atoms. The van der Waals surface area contributed by atoms with Gasteiger partial charge in [0.2, 0.25) is 0 Å². The Kier molecular flexibility index (Phi) is 3.98. The summed E-state index contributed by atoms with van der Waals surface area (Å²) in [4.78, 5) is 0. The van der Waals surface area contributed by atoms with E-state index in [0.29, 0.717) is 0 Å². The molecular weight excluding hydrogens is 276 g/mol. The molecule has 0 heteroatoms. The first-order valence-corrected chi connectivity index (χ1v) is 8.68. The van der Waals surface area contributed by atoms with Gasteiger partial charge in [0, 0.05) is 0 Å². The summed E-state index contributed by atoms with van der Waals surface area (Å²) in [5.74, 6) is 0. The molecule has 1 aliphatic rings. The minimum absolute atomic E-state index is 1.23. The topological polar surface area (TPSA) is 0 Å². The standard InChI is InChI=1S/C23H22/c1-4-10-18(11-5-1)22-16-20-14-8-3-9-15-21(20)17-23(22)19-12-6-2-7-13-19/h1-2,4-7,10-13,16-17H,3,8-9,14-15H2. The van der Waals surface area contributed by atoms with Crippen LogP contribution in [0.4, 0.5) is 0 Å². The zero-order valence-electron chi connectivity index (χ0n) is 13.5. The molecule has 3 aromatic carbocycles. The fraction of sp³-hybridized carbons (Fsp3) is 0.217. The molecule has 0 nitrogen and oxygen atoms in total. The molecule has 0 saturated heterocycles. The summed E-state index contributed by atoms with van der Waals surface area (Å²) in [5, 5.41) is 0. The zero-order chi connectivity index (χ0) is 15.5. The summed E-state index contributed by atoms with van der Waals surface area (Å²) in [6, 6.07) is 26.5. The van der Waals surface area contributed by atoms with Crippen molar-refractivity contribution < 1.29 is 0 Å². The Balaban J connectivity index is 1.93. The molecule has 114 valence electrons. The van der Waals surface area contributed by atoms with Crippen LogP contribution in [0.1, 0.15) is 30.4 Å². The van der Waals surface area contributed by atoms with Crippen molar-refractivity contribution in [2.45, 2.75) is 32.1 Å². The van der Waals surface area contributed by atoms with Crippen LogP contribution in [0.2, 0.25) is 0 Å². The summed E-state index contributed by atoms with van der Waals surface area (Å²) >= 11 is 0. The lowest BCUT2D eigenvalue weighted by atomic mass is 9.88. The number of benzene rings is 3. The van der Waals surface area contributed by atoms with Gasteiger partial charge in [-0.25, -0.2) is 0 Å². The van der Waals surface area contributed by atoms with E-state index in [2.05, 4.69) is 72.8 Å². The van der Waals surface area contributed by atoms with Gasteiger partial charge in [-0.1, -0.05) is 79.2 Å². The van der Waals surface area contributed by atoms with Crippen molar-refractivity contribution in [3.63, 3.8) is 0 Å². The maximum atomic E-state index is 2.46. The third-order valence-electron chi connectivity index (χ3n) is 4.90. The van der Waals surface area contributed by atoms with Crippen LogP contribution in [-0.4, -0.2) is 0 Å². The molecule has 1 aliphatic carbocycles. The van der Waals surface area contributed by atoms with E-state index in [0.717, 1.165) is 0 Å². The second-order valence-electron chi connectivity index (χ2n) is 6.46. The second kappa shape index (κ2) is 6.42. The maximum Gasteiger partial charge on any atom is -0.0102 e. The fourth-order valence-electron chi connectivity index (χ4n) is 3.68. The van der Waals surface area contributed by atoms with E-state index >= 15 is 0 Å². The number of fused-ring (bicyclic) bond motifs is 1. The van der Waals surface area contributed by atoms with Crippen LogP contribution in [0.5, 0.6) is 0 Å². The average Bonchev–Trinajstić information content (AvgIpc) is 2.87. The van der Waals surface area contributed by atoms with E-state index in [1.165, 1.54) is 54.4 Å². The molecule has 0 saturated carbocycles. The molecular formula is C23H22. The quantitative estimate of drug-likeness (QED) is 0.488. The minimum atomic E-state index is 1.23. The number of hydrogen-bond acceptors (Lipinski definition) is 0. The Morgan fingerprint density at radius 2 is 0.913 bits per heavy atom. The average molecular weight is 298 g/mol. The van der Waals surface area contributed by atoms with Crippen molar-refractivity contribution in [3.8, 4) is 22.3 Å². The van der Waals surface area contributed by atoms with Gasteiger partial charge in [-0.15, -0.1) is 0 Å². The molecule has 4 rings (SSSR count). The largest absolute Gasteiger partial charge is 0.0622 e. The lowest BCUT2D eigenvalue weighted by Crippen LogP contribution is -1.95. The van der Waals surface area contributed by atoms with Gasteiger partial charge in [-0.2, -0.15) is 0 Å². The summed E-state index contributed by atoms with van der Waals surface area (Å²) in [6.45, 7) is 0. The summed E-state index contributed by atoms with van der Waals surface area (Å²) in [6.07, 6.45) is 6.46. The van der Waals surface area contributed by atoms with Crippen molar-refractivity contribution in [3.05, 3.63) is 83.9 Å². The monoisotopic (exact) mass is 298 g/mol. The Hall–Kier alpha value is -2.34. The van der Waals surface area contributed by atoms with Crippen LogP contribution in [0.3, 0.4) is 0 Å². The molecule has 0 N–H and O–H groups in total. The molecule has 0 aromatic heterocycles. The van der Waals surface area contributed by atoms with Crippen LogP contribution in [-0.2, 0) is 12.8 Å². The molecule has 0 fully saturated rings. The Morgan fingerprint density at radius 1 is 0.478 bits per heavy atom. The van der Waals surface area contributed by atoms with Crippen LogP contribution < -0.4 is 0 Å². The van der Waals surface area contributed by atoms with Crippen molar-refractivity contribution in [2.24, 2.45) is 0 Å². The van der Waals surface area contributed by atoms with Gasteiger partial charge >= 0.3 is 0 Å². The van der Waals surface area contributed by atoms with Gasteiger partial charge in [-0.05, 0) is 59.1 Å². The van der Waals surface area contributed by atoms with Crippen LogP contribution >= 0.6 is 0 Å². The number of aryl methyl sites for hydroxylation is 2. The molecule has 3 aromatic rings. The fourth-order valence-corrected chi connectivity index (χ4v) is 3.68. The first kappa shape index (κ1) is 14.3. The summed E-state index contributed by atoms with van der Waals surface area (Å²) in [5.41, 5.74) is 8.49. The highest BCUT2D eigenvalue weighted by Crippen LogP contribution is 2.36. The lowest BCUT2D eigenvalue weighted by molar-refractivity contribution is 0.711. The molecule has 0 amide bonds. The molecule has 0 atom stereocenters. The molecule has 0 heterocycles. The smallest absolute Gasteiger partial charge is 0.0102 e. The summed E-state index contributed by atoms with van der Waals surface area (Å²) < 4.78 is 0. The van der Waals surface area contributed by atoms with E-state index in [1.807, 2.05) is 0 Å². The van der Waals surface area contributed by atoms with Crippen LogP contribution in [0.25, 0.3) is 22.3 Å². The van der Waals surface area contributed by atoms with Gasteiger partial charge in [-0.3, -0.25) is 0 Å². The van der Waals surface area contributed by atoms with Crippen molar-refractivity contribution in [2.75, 3.05) is 0 Å². The third kappa shape index (κ3) is 2.94. The van der Waals surface area contributed by atoms with Crippen molar-refractivity contribution in [1.29, 1.82) is 0 Å². The molecule has 23 heavy (non-hydrogen) atoms. The predicted molar refractivity (Wildman–Crippen MR) is 98.6 cm³/mol. The van der Waals surface area contributed by atoms with E-state index < -0.39 is 0 Å². The number of rotatable bonds is 2. The second-order valence-corrected chi connectivity index (χ2v) is 6.46. The van der Waals surface area contributed by atoms with Gasteiger partial charge in [0.25, 0.3) is 0 Å². The van der Waals surface area contributed by atoms with E-state index in [4.69, 9.17) is 0 Å². The Bertz CT molecular complexity index is 717. The SMILES string of the molecule is c1ccc(-c2cc3c(cc2-c2ccccc2)CCCCC3)cc1. The van der Waals surface area contributed by atoms with Crippen molar-refractivity contribution in [1.82, 2.24) is 0 Å². The third-order valence-corrected chi connectivity index (χ3v) is 4.90. The van der Waals surface area contributed by atoms with Crippen LogP contribution in [0.15, 0.2) is 72.8 Å². The highest BCUT2D eigenvalue weighted by atomic mass is 14.2. The van der Waals surface area contributed by atoms with E-state index in [1.54, 1.807) is 11.1 Å². The highest BCUT2D eigenvalue weighted by molar-refractivity contribution is 5.84. The minimum Gasteiger partial charge on any atom is -0.0622 e. The van der Waals surface area contributed by atoms with Gasteiger partial charge in [0.15, 0.2) is 0 Å². The normalized spacial score (nSPS) is 14.1. The molecule has 0 aliphatic heterocycles. The zero-order valence-corrected chi connectivity index (χ0v) is 13.5. The predicted octanol–water partition coefficient (Wildman–Crippen LogP) is 6.29. The molecule has 0 unspecified atom stereocenters. The van der Waals surface area contributed by atoms with Crippen LogP contribution in [0, 0.1) is 0 Å². The van der Waals surface area contributed by atoms with Gasteiger partial charge < -0.3 is 0 Å². The van der Waals surface area contributed by atoms with Gasteiger partial charge in [0.05, 0.1) is 0 Å².